The summed E-state index contributed by atoms with van der Waals surface area (Å²) in [5.41, 5.74) is 7.29. The lowest BCUT2D eigenvalue weighted by molar-refractivity contribution is 0.414. The Bertz CT molecular complexity index is 575. The Morgan fingerprint density at radius 3 is 2.55 bits per heavy atom. The molecular weight excluding hydrogens is 279 g/mol. The van der Waals surface area contributed by atoms with Gasteiger partial charge in [0.1, 0.15) is 11.6 Å². The van der Waals surface area contributed by atoms with Gasteiger partial charge in [0, 0.05) is 6.54 Å². The minimum Gasteiger partial charge on any atom is -0.497 e. The zero-order valence-corrected chi connectivity index (χ0v) is 11.8. The molecule has 0 spiro atoms. The van der Waals surface area contributed by atoms with Crippen LogP contribution < -0.4 is 15.8 Å². The van der Waals surface area contributed by atoms with Crippen molar-refractivity contribution in [1.29, 1.82) is 0 Å². The predicted octanol–water partition coefficient (Wildman–Crippen LogP) is 3.60. The van der Waals surface area contributed by atoms with Crippen LogP contribution in [0.15, 0.2) is 42.5 Å². The monoisotopic (exact) mass is 294 g/mol. The first-order valence-corrected chi connectivity index (χ1v) is 6.57. The predicted molar refractivity (Wildman–Crippen MR) is 79.8 cm³/mol. The van der Waals surface area contributed by atoms with E-state index in [9.17, 15) is 4.39 Å². The molecule has 1 unspecified atom stereocenters. The molecule has 0 bridgehead atoms. The Morgan fingerprint density at radius 1 is 1.25 bits per heavy atom. The lowest BCUT2D eigenvalue weighted by Gasteiger charge is -2.19. The molecule has 20 heavy (non-hydrogen) atoms. The first-order chi connectivity index (χ1) is 9.63. The number of methoxy groups -OCH3 is 1. The van der Waals surface area contributed by atoms with Crippen molar-refractivity contribution in [3.05, 3.63) is 58.9 Å². The highest BCUT2D eigenvalue weighted by molar-refractivity contribution is 6.33. The maximum atomic E-state index is 13.3. The van der Waals surface area contributed by atoms with Crippen LogP contribution >= 0.6 is 11.6 Å². The first kappa shape index (κ1) is 14.6. The lowest BCUT2D eigenvalue weighted by Crippen LogP contribution is -2.20. The third kappa shape index (κ3) is 3.40. The van der Waals surface area contributed by atoms with Crippen molar-refractivity contribution in [1.82, 2.24) is 0 Å². The molecule has 0 heterocycles. The van der Waals surface area contributed by atoms with Crippen LogP contribution in [0.25, 0.3) is 0 Å². The van der Waals surface area contributed by atoms with Gasteiger partial charge in [0.25, 0.3) is 0 Å². The van der Waals surface area contributed by atoms with Gasteiger partial charge in [0.15, 0.2) is 0 Å². The summed E-state index contributed by atoms with van der Waals surface area (Å²) in [5.74, 6) is 0.427. The summed E-state index contributed by atoms with van der Waals surface area (Å²) in [7, 11) is 1.61. The Hall–Kier alpha value is -1.78. The minimum atomic E-state index is -0.345. The van der Waals surface area contributed by atoms with Gasteiger partial charge in [-0.05, 0) is 35.9 Å². The summed E-state index contributed by atoms with van der Waals surface area (Å²) in [6, 6.07) is 11.6. The second kappa shape index (κ2) is 6.59. The molecule has 5 heteroatoms. The summed E-state index contributed by atoms with van der Waals surface area (Å²) >= 11 is 6.04. The van der Waals surface area contributed by atoms with Crippen LogP contribution in [0.5, 0.6) is 5.75 Å². The van der Waals surface area contributed by atoms with Gasteiger partial charge in [-0.25, -0.2) is 4.39 Å². The van der Waals surface area contributed by atoms with Crippen LogP contribution in [0.1, 0.15) is 11.6 Å². The average Bonchev–Trinajstić information content (AvgIpc) is 2.48. The molecule has 106 valence electrons. The van der Waals surface area contributed by atoms with E-state index in [2.05, 4.69) is 5.32 Å². The van der Waals surface area contributed by atoms with Crippen molar-refractivity contribution in [3.8, 4) is 5.75 Å². The van der Waals surface area contributed by atoms with Gasteiger partial charge in [-0.3, -0.25) is 0 Å². The molecule has 2 aromatic carbocycles. The number of nitrogens with two attached hydrogens (primary N) is 1. The number of benzene rings is 2. The standard InChI is InChI=1S/C15H16ClFN2O/c1-20-12-5-2-10(3-6-12)15(9-18)19-14-8-11(17)4-7-13(14)16/h2-8,15,19H,9,18H2,1H3. The fourth-order valence-electron chi connectivity index (χ4n) is 1.91. The van der Waals surface area contributed by atoms with E-state index in [4.69, 9.17) is 22.1 Å². The minimum absolute atomic E-state index is 0.153. The summed E-state index contributed by atoms with van der Waals surface area (Å²) in [6.45, 7) is 0.360. The van der Waals surface area contributed by atoms with Crippen LogP contribution in [0, 0.1) is 5.82 Å². The smallest absolute Gasteiger partial charge is 0.125 e. The normalized spacial score (nSPS) is 12.0. The Kier molecular flexibility index (Phi) is 4.82. The number of nitrogens with one attached hydrogen (secondary N) is 1. The van der Waals surface area contributed by atoms with Crippen LogP contribution in [0.2, 0.25) is 5.02 Å². The van der Waals surface area contributed by atoms with E-state index in [0.29, 0.717) is 17.3 Å². The van der Waals surface area contributed by atoms with Gasteiger partial charge >= 0.3 is 0 Å². The van der Waals surface area contributed by atoms with E-state index in [1.54, 1.807) is 7.11 Å². The summed E-state index contributed by atoms with van der Waals surface area (Å²) in [4.78, 5) is 0. The van der Waals surface area contributed by atoms with Gasteiger partial charge in [0.05, 0.1) is 23.9 Å². The highest BCUT2D eigenvalue weighted by Crippen LogP contribution is 2.27. The van der Waals surface area contributed by atoms with E-state index in [1.807, 2.05) is 24.3 Å². The maximum absolute atomic E-state index is 13.3. The van der Waals surface area contributed by atoms with Crippen molar-refractivity contribution in [3.63, 3.8) is 0 Å². The van der Waals surface area contributed by atoms with Crippen LogP contribution in [-0.4, -0.2) is 13.7 Å². The van der Waals surface area contributed by atoms with Crippen molar-refractivity contribution < 1.29 is 9.13 Å². The molecule has 1 atom stereocenters. The fourth-order valence-corrected chi connectivity index (χ4v) is 2.08. The number of hydrogen-bond acceptors (Lipinski definition) is 3. The molecule has 0 radical (unpaired) electrons. The second-order valence-electron chi connectivity index (χ2n) is 4.33. The Morgan fingerprint density at radius 2 is 1.95 bits per heavy atom. The molecule has 0 saturated carbocycles. The number of anilines is 1. The molecule has 3 N–H and O–H groups in total. The van der Waals surface area contributed by atoms with Gasteiger partial charge in [-0.15, -0.1) is 0 Å². The number of ether oxygens (including phenoxy) is 1. The van der Waals surface area contributed by atoms with Crippen LogP contribution in [0.4, 0.5) is 10.1 Å². The van der Waals surface area contributed by atoms with Crippen molar-refractivity contribution >= 4 is 17.3 Å². The average molecular weight is 295 g/mol. The van der Waals surface area contributed by atoms with Gasteiger partial charge in [-0.2, -0.15) is 0 Å². The molecule has 0 fully saturated rings. The Labute approximate surface area is 122 Å². The van der Waals surface area contributed by atoms with E-state index in [1.165, 1.54) is 18.2 Å². The fraction of sp³-hybridized carbons (Fsp3) is 0.200. The maximum Gasteiger partial charge on any atom is 0.125 e. The zero-order chi connectivity index (χ0) is 14.5. The van der Waals surface area contributed by atoms with Crippen molar-refractivity contribution in [2.45, 2.75) is 6.04 Å². The van der Waals surface area contributed by atoms with Gasteiger partial charge in [-0.1, -0.05) is 23.7 Å². The van der Waals surface area contributed by atoms with Gasteiger partial charge < -0.3 is 15.8 Å². The molecule has 0 aliphatic rings. The van der Waals surface area contributed by atoms with E-state index >= 15 is 0 Å². The van der Waals surface area contributed by atoms with Gasteiger partial charge in [0.2, 0.25) is 0 Å². The third-order valence-corrected chi connectivity index (χ3v) is 3.34. The third-order valence-electron chi connectivity index (χ3n) is 3.01. The molecule has 2 aromatic rings. The molecule has 2 rings (SSSR count). The largest absolute Gasteiger partial charge is 0.497 e. The van der Waals surface area contributed by atoms with Crippen LogP contribution in [0.3, 0.4) is 0 Å². The quantitative estimate of drug-likeness (QED) is 0.886. The molecular formula is C15H16ClFN2O. The van der Waals surface area contributed by atoms with Crippen molar-refractivity contribution in [2.75, 3.05) is 19.0 Å². The number of halogens is 2. The zero-order valence-electron chi connectivity index (χ0n) is 11.1. The topological polar surface area (TPSA) is 47.3 Å². The highest BCUT2D eigenvalue weighted by atomic mass is 35.5. The molecule has 0 saturated heterocycles. The first-order valence-electron chi connectivity index (χ1n) is 6.19. The van der Waals surface area contributed by atoms with E-state index < -0.39 is 0 Å². The molecule has 0 aliphatic carbocycles. The summed E-state index contributed by atoms with van der Waals surface area (Å²) in [5, 5.41) is 3.61. The van der Waals surface area contributed by atoms with Crippen molar-refractivity contribution in [2.24, 2.45) is 5.73 Å². The number of rotatable bonds is 5. The van der Waals surface area contributed by atoms with Crippen LogP contribution in [-0.2, 0) is 0 Å². The SMILES string of the molecule is COc1ccc(C(CN)Nc2cc(F)ccc2Cl)cc1. The molecule has 3 nitrogen and oxygen atoms in total. The lowest BCUT2D eigenvalue weighted by atomic mass is 10.1. The molecule has 0 aliphatic heterocycles. The van der Waals surface area contributed by atoms with E-state index in [0.717, 1.165) is 11.3 Å². The molecule has 0 aromatic heterocycles. The Balaban J connectivity index is 2.21. The summed E-state index contributed by atoms with van der Waals surface area (Å²) < 4.78 is 18.4. The number of hydrogen-bond donors (Lipinski definition) is 2. The second-order valence-corrected chi connectivity index (χ2v) is 4.74. The molecule has 0 amide bonds. The highest BCUT2D eigenvalue weighted by Gasteiger charge is 2.12. The summed E-state index contributed by atoms with van der Waals surface area (Å²) in [6.07, 6.45) is 0. The van der Waals surface area contributed by atoms with E-state index in [-0.39, 0.29) is 11.9 Å².